The number of nitrogens with one attached hydrogen (secondary N) is 1. The summed E-state index contributed by atoms with van der Waals surface area (Å²) >= 11 is 0. The van der Waals surface area contributed by atoms with Crippen molar-refractivity contribution in [3.05, 3.63) is 0 Å². The Hall–Kier alpha value is 0.135. The highest BCUT2D eigenvalue weighted by Crippen LogP contribution is 2.38. The summed E-state index contributed by atoms with van der Waals surface area (Å²) in [6, 6.07) is 0.0417. The van der Waals surface area contributed by atoms with Crippen LogP contribution in [0.5, 0.6) is 0 Å². The molecule has 1 aliphatic heterocycles. The van der Waals surface area contributed by atoms with Crippen LogP contribution in [-0.4, -0.2) is 38.0 Å². The number of hydrogen-bond donors (Lipinski definition) is 2. The summed E-state index contributed by atoms with van der Waals surface area (Å²) in [7, 11) is -0.456. The van der Waals surface area contributed by atoms with Crippen molar-refractivity contribution >= 4 is 15.6 Å². The van der Waals surface area contributed by atoms with Gasteiger partial charge in [-0.15, -0.1) is 0 Å². The van der Waals surface area contributed by atoms with Gasteiger partial charge >= 0.3 is 7.75 Å². The molecule has 14 heavy (non-hydrogen) atoms. The zero-order valence-electron chi connectivity index (χ0n) is 8.77. The molecule has 1 aliphatic rings. The number of rotatable bonds is 4. The summed E-state index contributed by atoms with van der Waals surface area (Å²) in [5, 5.41) is 2.60. The second-order valence-electron chi connectivity index (χ2n) is 3.57. The van der Waals surface area contributed by atoms with E-state index < -0.39 is 7.75 Å². The molecule has 1 rings (SSSR count). The van der Waals surface area contributed by atoms with Gasteiger partial charge in [0.1, 0.15) is 7.85 Å². The van der Waals surface area contributed by atoms with E-state index in [0.29, 0.717) is 0 Å². The smallest absolute Gasteiger partial charge is 0.382 e. The van der Waals surface area contributed by atoms with Crippen molar-refractivity contribution < 1.29 is 18.7 Å². The van der Waals surface area contributed by atoms with Crippen LogP contribution >= 0.6 is 7.75 Å². The van der Waals surface area contributed by atoms with E-state index >= 15 is 0 Å². The monoisotopic (exact) mass is 221 g/mol. The first-order chi connectivity index (χ1) is 6.48. The van der Waals surface area contributed by atoms with E-state index in [4.69, 9.17) is 4.74 Å². The Balaban J connectivity index is 2.55. The highest BCUT2D eigenvalue weighted by molar-refractivity contribution is 7.50. The highest BCUT2D eigenvalue weighted by atomic mass is 31.2. The molecule has 0 aliphatic carbocycles. The van der Waals surface area contributed by atoms with Gasteiger partial charge in [0, 0.05) is 19.2 Å². The van der Waals surface area contributed by atoms with E-state index in [0.717, 1.165) is 12.8 Å². The molecule has 2 N–H and O–H groups in total. The van der Waals surface area contributed by atoms with Crippen molar-refractivity contribution in [3.8, 4) is 0 Å². The molecule has 0 aromatic heterocycles. The quantitative estimate of drug-likeness (QED) is 0.510. The van der Waals surface area contributed by atoms with Gasteiger partial charge in [-0.1, -0.05) is 6.92 Å². The molecule has 0 aromatic rings. The third kappa shape index (κ3) is 3.07. The van der Waals surface area contributed by atoms with Crippen molar-refractivity contribution in [2.45, 2.75) is 37.9 Å². The molecular formula is C7H17BNO4P. The van der Waals surface area contributed by atoms with Gasteiger partial charge < -0.3 is 14.2 Å². The Kier molecular flexibility index (Phi) is 4.16. The zero-order chi connectivity index (χ0) is 10.8. The van der Waals surface area contributed by atoms with Crippen molar-refractivity contribution in [3.63, 3.8) is 0 Å². The Labute approximate surface area is 85.2 Å². The minimum absolute atomic E-state index is 0.000579. The lowest BCUT2D eigenvalue weighted by Crippen LogP contribution is -2.34. The molecular weight excluding hydrogens is 204 g/mol. The van der Waals surface area contributed by atoms with Crippen LogP contribution in [0.25, 0.3) is 0 Å². The fourth-order valence-electron chi connectivity index (χ4n) is 1.74. The Morgan fingerprint density at radius 2 is 2.43 bits per heavy atom. The topological polar surface area (TPSA) is 67.8 Å². The molecule has 0 saturated carbocycles. The lowest BCUT2D eigenvalue weighted by atomic mass is 9.95. The van der Waals surface area contributed by atoms with Gasteiger partial charge in [0.2, 0.25) is 0 Å². The van der Waals surface area contributed by atoms with Crippen LogP contribution in [0.4, 0.5) is 0 Å². The van der Waals surface area contributed by atoms with Crippen LogP contribution < -0.4 is 5.09 Å². The van der Waals surface area contributed by atoms with E-state index in [2.05, 4.69) is 9.61 Å². The molecule has 0 bridgehead atoms. The first kappa shape index (κ1) is 12.2. The minimum Gasteiger partial charge on any atom is -0.382 e. The SMILES string of the molecule is B[C@H]1CC(NP(=O)(O)OC)[C@@H](CC)O1. The van der Waals surface area contributed by atoms with Crippen LogP contribution in [0.2, 0.25) is 0 Å². The van der Waals surface area contributed by atoms with E-state index in [-0.39, 0.29) is 18.1 Å². The average molecular weight is 221 g/mol. The Morgan fingerprint density at radius 1 is 1.79 bits per heavy atom. The van der Waals surface area contributed by atoms with Gasteiger partial charge in [-0.2, -0.15) is 0 Å². The van der Waals surface area contributed by atoms with Gasteiger partial charge in [-0.25, -0.2) is 9.65 Å². The van der Waals surface area contributed by atoms with E-state index in [1.807, 2.05) is 14.8 Å². The predicted octanol–water partition coefficient (Wildman–Crippen LogP) is -0.151. The van der Waals surface area contributed by atoms with Crippen LogP contribution in [0, 0.1) is 0 Å². The first-order valence-corrected chi connectivity index (χ1v) is 6.38. The predicted molar refractivity (Wildman–Crippen MR) is 55.9 cm³/mol. The minimum atomic E-state index is -3.63. The third-order valence-electron chi connectivity index (χ3n) is 2.42. The van der Waals surface area contributed by atoms with Gasteiger partial charge in [0.25, 0.3) is 0 Å². The van der Waals surface area contributed by atoms with Gasteiger partial charge in [0.15, 0.2) is 0 Å². The van der Waals surface area contributed by atoms with Crippen molar-refractivity contribution in [1.29, 1.82) is 0 Å². The zero-order valence-corrected chi connectivity index (χ0v) is 9.66. The molecule has 5 nitrogen and oxygen atoms in total. The molecule has 0 aromatic carbocycles. The summed E-state index contributed by atoms with van der Waals surface area (Å²) in [4.78, 5) is 9.25. The van der Waals surface area contributed by atoms with E-state index in [1.54, 1.807) is 0 Å². The largest absolute Gasteiger partial charge is 0.403 e. The average Bonchev–Trinajstić information content (AvgIpc) is 2.45. The van der Waals surface area contributed by atoms with Crippen molar-refractivity contribution in [2.75, 3.05) is 7.11 Å². The molecule has 4 atom stereocenters. The maximum absolute atomic E-state index is 11.3. The summed E-state index contributed by atoms with van der Waals surface area (Å²) in [5.74, 6) is 0. The van der Waals surface area contributed by atoms with Crippen LogP contribution in [0.15, 0.2) is 0 Å². The maximum atomic E-state index is 11.3. The second kappa shape index (κ2) is 4.77. The molecule has 7 heteroatoms. The van der Waals surface area contributed by atoms with Crippen LogP contribution in [-0.2, 0) is 13.8 Å². The molecule has 2 unspecified atom stereocenters. The first-order valence-electron chi connectivity index (χ1n) is 4.80. The standard InChI is InChI=1S/C7H17BNO4P/c1-3-6-5(4-7(8)13-6)9-14(10,11)12-2/h5-7H,3-4,8H2,1-2H3,(H2,9,10,11)/t5?,6-,7-/m1/s1. The lowest BCUT2D eigenvalue weighted by molar-refractivity contribution is 0.0771. The second-order valence-corrected chi connectivity index (χ2v) is 5.23. The molecule has 0 amide bonds. The molecule has 1 heterocycles. The van der Waals surface area contributed by atoms with E-state index in [9.17, 15) is 9.46 Å². The molecule has 1 fully saturated rings. The lowest BCUT2D eigenvalue weighted by Gasteiger charge is -2.20. The molecule has 0 radical (unpaired) electrons. The molecule has 1 saturated heterocycles. The van der Waals surface area contributed by atoms with Crippen molar-refractivity contribution in [2.24, 2.45) is 0 Å². The van der Waals surface area contributed by atoms with Gasteiger partial charge in [-0.3, -0.25) is 0 Å². The summed E-state index contributed by atoms with van der Waals surface area (Å²) < 4.78 is 21.3. The number of ether oxygens (including phenoxy) is 1. The van der Waals surface area contributed by atoms with E-state index in [1.165, 1.54) is 7.11 Å². The Morgan fingerprint density at radius 3 is 2.93 bits per heavy atom. The van der Waals surface area contributed by atoms with Crippen molar-refractivity contribution in [1.82, 2.24) is 5.09 Å². The fourth-order valence-corrected chi connectivity index (χ4v) is 2.53. The summed E-state index contributed by atoms with van der Waals surface area (Å²) in [5.41, 5.74) is 0. The Bertz CT molecular complexity index is 240. The van der Waals surface area contributed by atoms with Gasteiger partial charge in [0.05, 0.1) is 6.10 Å². The van der Waals surface area contributed by atoms with Crippen LogP contribution in [0.1, 0.15) is 19.8 Å². The van der Waals surface area contributed by atoms with Gasteiger partial charge in [-0.05, 0) is 12.8 Å². The fraction of sp³-hybridized carbons (Fsp3) is 1.00. The maximum Gasteiger partial charge on any atom is 0.403 e. The highest BCUT2D eigenvalue weighted by Gasteiger charge is 2.35. The van der Waals surface area contributed by atoms with Crippen LogP contribution in [0.3, 0.4) is 0 Å². The normalized spacial score (nSPS) is 36.9. The number of hydrogen-bond acceptors (Lipinski definition) is 3. The molecule has 82 valence electrons. The summed E-state index contributed by atoms with van der Waals surface area (Å²) in [6.45, 7) is 1.99. The summed E-state index contributed by atoms with van der Waals surface area (Å²) in [6.07, 6.45) is 1.57. The third-order valence-corrected chi connectivity index (χ3v) is 3.57. The molecule has 0 spiro atoms.